The van der Waals surface area contributed by atoms with Crippen LogP contribution in [0.25, 0.3) is 11.3 Å². The topological polar surface area (TPSA) is 43.8 Å². The number of nitrogens with two attached hydrogens (primary N) is 1. The van der Waals surface area contributed by atoms with Gasteiger partial charge >= 0.3 is 0 Å². The van der Waals surface area contributed by atoms with Crippen molar-refractivity contribution in [3.8, 4) is 11.3 Å². The number of benzene rings is 2. The predicted octanol–water partition coefficient (Wildman–Crippen LogP) is 6.22. The molecule has 3 nitrogen and oxygen atoms in total. The summed E-state index contributed by atoms with van der Waals surface area (Å²) in [4.78, 5) is 4.90. The minimum atomic E-state index is -0.0494. The Kier molecular flexibility index (Phi) is 7.08. The van der Waals surface area contributed by atoms with Crippen molar-refractivity contribution in [2.45, 2.75) is 51.6 Å². The van der Waals surface area contributed by atoms with Gasteiger partial charge in [0.15, 0.2) is 0 Å². The Balaban J connectivity index is 1.84. The predicted molar refractivity (Wildman–Crippen MR) is 114 cm³/mol. The molecule has 0 bridgehead atoms. The van der Waals surface area contributed by atoms with Gasteiger partial charge in [-0.25, -0.2) is 4.98 Å². The number of aromatic nitrogens is 2. The minimum Gasteiger partial charge on any atom is -0.329 e. The number of rotatable bonds is 9. The molecule has 3 rings (SSSR count). The number of imidazole rings is 1. The van der Waals surface area contributed by atoms with Gasteiger partial charge in [0.05, 0.1) is 11.7 Å². The first-order chi connectivity index (χ1) is 13.2. The average Bonchev–Trinajstić information content (AvgIpc) is 3.11. The van der Waals surface area contributed by atoms with Crippen LogP contribution in [0.3, 0.4) is 0 Å². The van der Waals surface area contributed by atoms with Crippen molar-refractivity contribution in [2.75, 3.05) is 0 Å². The van der Waals surface area contributed by atoms with Crippen LogP contribution in [0.2, 0.25) is 5.02 Å². The molecule has 0 fully saturated rings. The van der Waals surface area contributed by atoms with Crippen molar-refractivity contribution < 1.29 is 0 Å². The van der Waals surface area contributed by atoms with E-state index in [-0.39, 0.29) is 6.04 Å². The van der Waals surface area contributed by atoms with Gasteiger partial charge in [-0.1, -0.05) is 86.7 Å². The molecule has 0 saturated carbocycles. The van der Waals surface area contributed by atoms with E-state index in [0.29, 0.717) is 0 Å². The SMILES string of the molecule is CCCCCCC(N)c1nc(-c2ccccc2)cn1Cc1ccc(Cl)cc1. The summed E-state index contributed by atoms with van der Waals surface area (Å²) in [6.07, 6.45) is 7.95. The van der Waals surface area contributed by atoms with Gasteiger partial charge in [-0.2, -0.15) is 0 Å². The van der Waals surface area contributed by atoms with Gasteiger partial charge < -0.3 is 10.3 Å². The molecular formula is C23H28ClN3. The highest BCUT2D eigenvalue weighted by Gasteiger charge is 2.16. The molecule has 0 aliphatic heterocycles. The van der Waals surface area contributed by atoms with Crippen molar-refractivity contribution in [3.05, 3.63) is 77.2 Å². The van der Waals surface area contributed by atoms with Crippen LogP contribution in [-0.4, -0.2) is 9.55 Å². The molecule has 0 radical (unpaired) electrons. The first kappa shape index (κ1) is 19.7. The molecule has 4 heteroatoms. The van der Waals surface area contributed by atoms with Gasteiger partial charge in [0.25, 0.3) is 0 Å². The highest BCUT2D eigenvalue weighted by atomic mass is 35.5. The Hall–Kier alpha value is -2.10. The maximum Gasteiger partial charge on any atom is 0.126 e. The standard InChI is InChI=1S/C23H28ClN3/c1-2-3-4-8-11-21(25)23-26-22(19-9-6-5-7-10-19)17-27(23)16-18-12-14-20(24)15-13-18/h5-7,9-10,12-15,17,21H,2-4,8,11,16,25H2,1H3. The Morgan fingerprint density at radius 3 is 2.44 bits per heavy atom. The fraction of sp³-hybridized carbons (Fsp3) is 0.348. The van der Waals surface area contributed by atoms with Crippen molar-refractivity contribution in [3.63, 3.8) is 0 Å². The Bertz CT molecular complexity index is 825. The van der Waals surface area contributed by atoms with E-state index in [0.717, 1.165) is 41.5 Å². The van der Waals surface area contributed by atoms with Gasteiger partial charge in [-0.15, -0.1) is 0 Å². The van der Waals surface area contributed by atoms with E-state index < -0.39 is 0 Å². The molecule has 1 unspecified atom stereocenters. The molecule has 1 heterocycles. The summed E-state index contributed by atoms with van der Waals surface area (Å²) in [5, 5.41) is 0.752. The molecule has 0 spiro atoms. The fourth-order valence-corrected chi connectivity index (χ4v) is 3.43. The van der Waals surface area contributed by atoms with Crippen LogP contribution in [0.15, 0.2) is 60.8 Å². The lowest BCUT2D eigenvalue weighted by atomic mass is 10.1. The summed E-state index contributed by atoms with van der Waals surface area (Å²) in [5.74, 6) is 0.959. The number of nitrogens with zero attached hydrogens (tertiary/aromatic N) is 2. The molecule has 1 aromatic heterocycles. The maximum atomic E-state index is 6.54. The second kappa shape index (κ2) is 9.72. The van der Waals surface area contributed by atoms with E-state index in [1.54, 1.807) is 0 Å². The van der Waals surface area contributed by atoms with E-state index in [2.05, 4.69) is 42.0 Å². The Morgan fingerprint density at radius 2 is 1.74 bits per heavy atom. The van der Waals surface area contributed by atoms with Crippen LogP contribution in [0.4, 0.5) is 0 Å². The second-order valence-corrected chi connectivity index (χ2v) is 7.50. The van der Waals surface area contributed by atoms with E-state index in [1.807, 2.05) is 30.3 Å². The molecule has 1 atom stereocenters. The third kappa shape index (κ3) is 5.44. The normalized spacial score (nSPS) is 12.3. The summed E-state index contributed by atoms with van der Waals surface area (Å²) in [6, 6.07) is 18.2. The zero-order valence-corrected chi connectivity index (χ0v) is 16.7. The summed E-state index contributed by atoms with van der Waals surface area (Å²) in [5.41, 5.74) is 9.83. The van der Waals surface area contributed by atoms with Crippen LogP contribution < -0.4 is 5.73 Å². The molecule has 0 aliphatic rings. The van der Waals surface area contributed by atoms with E-state index in [1.165, 1.54) is 24.8 Å². The lowest BCUT2D eigenvalue weighted by Gasteiger charge is -2.14. The smallest absolute Gasteiger partial charge is 0.126 e. The summed E-state index contributed by atoms with van der Waals surface area (Å²) in [6.45, 7) is 2.97. The number of hydrogen-bond donors (Lipinski definition) is 1. The monoisotopic (exact) mass is 381 g/mol. The number of halogens is 1. The zero-order valence-electron chi connectivity index (χ0n) is 15.9. The molecule has 0 aliphatic carbocycles. The van der Waals surface area contributed by atoms with Crippen molar-refractivity contribution in [2.24, 2.45) is 5.73 Å². The van der Waals surface area contributed by atoms with Gasteiger partial charge in [0.1, 0.15) is 5.82 Å². The molecule has 27 heavy (non-hydrogen) atoms. The molecule has 142 valence electrons. The Morgan fingerprint density at radius 1 is 1.00 bits per heavy atom. The van der Waals surface area contributed by atoms with Gasteiger partial charge in [-0.3, -0.25) is 0 Å². The van der Waals surface area contributed by atoms with Crippen LogP contribution in [-0.2, 0) is 6.54 Å². The first-order valence-electron chi connectivity index (χ1n) is 9.80. The Labute approximate surface area is 167 Å². The van der Waals surface area contributed by atoms with E-state index in [4.69, 9.17) is 22.3 Å². The summed E-state index contributed by atoms with van der Waals surface area (Å²) >= 11 is 6.02. The maximum absolute atomic E-state index is 6.54. The van der Waals surface area contributed by atoms with E-state index >= 15 is 0 Å². The third-order valence-corrected chi connectivity index (χ3v) is 5.10. The van der Waals surface area contributed by atoms with Crippen LogP contribution >= 0.6 is 11.6 Å². The first-order valence-corrected chi connectivity index (χ1v) is 10.2. The van der Waals surface area contributed by atoms with Crippen molar-refractivity contribution >= 4 is 11.6 Å². The quantitative estimate of drug-likeness (QED) is 0.447. The van der Waals surface area contributed by atoms with Crippen molar-refractivity contribution in [1.29, 1.82) is 0 Å². The minimum absolute atomic E-state index is 0.0494. The van der Waals surface area contributed by atoms with E-state index in [9.17, 15) is 0 Å². The fourth-order valence-electron chi connectivity index (χ4n) is 3.31. The number of unbranched alkanes of at least 4 members (excludes halogenated alkanes) is 3. The third-order valence-electron chi connectivity index (χ3n) is 4.84. The van der Waals surface area contributed by atoms with Gasteiger partial charge in [-0.05, 0) is 24.1 Å². The highest BCUT2D eigenvalue weighted by molar-refractivity contribution is 6.30. The van der Waals surface area contributed by atoms with Gasteiger partial charge in [0.2, 0.25) is 0 Å². The average molecular weight is 382 g/mol. The van der Waals surface area contributed by atoms with Crippen LogP contribution in [0, 0.1) is 0 Å². The lowest BCUT2D eigenvalue weighted by molar-refractivity contribution is 0.527. The van der Waals surface area contributed by atoms with Crippen LogP contribution in [0.5, 0.6) is 0 Å². The van der Waals surface area contributed by atoms with Crippen LogP contribution in [0.1, 0.15) is 56.5 Å². The zero-order chi connectivity index (χ0) is 19.1. The highest BCUT2D eigenvalue weighted by Crippen LogP contribution is 2.24. The summed E-state index contributed by atoms with van der Waals surface area (Å²) in [7, 11) is 0. The van der Waals surface area contributed by atoms with Crippen molar-refractivity contribution in [1.82, 2.24) is 9.55 Å². The largest absolute Gasteiger partial charge is 0.329 e. The molecule has 3 aromatic rings. The lowest BCUT2D eigenvalue weighted by Crippen LogP contribution is -2.17. The summed E-state index contributed by atoms with van der Waals surface area (Å²) < 4.78 is 2.19. The molecule has 2 N–H and O–H groups in total. The molecule has 2 aromatic carbocycles. The molecular weight excluding hydrogens is 354 g/mol. The number of hydrogen-bond acceptors (Lipinski definition) is 2. The van der Waals surface area contributed by atoms with Gasteiger partial charge in [0, 0.05) is 23.3 Å². The second-order valence-electron chi connectivity index (χ2n) is 7.06. The molecule has 0 saturated heterocycles. The molecule has 0 amide bonds.